The standard InChI is InChI=1S/C33H22N2/c1-2-12-28(13-3-1)35-32-16-7-6-15-31(32)34-33(35)27-11-8-10-24(22-27)25-19-20-30-26(21-25)18-17-23-9-4-5-14-29(23)30/h1-22H. The van der Waals surface area contributed by atoms with Gasteiger partial charge in [-0.25, -0.2) is 4.98 Å². The van der Waals surface area contributed by atoms with E-state index in [1.807, 2.05) is 12.1 Å². The molecule has 7 rings (SSSR count). The highest BCUT2D eigenvalue weighted by Crippen LogP contribution is 2.33. The largest absolute Gasteiger partial charge is 0.292 e. The highest BCUT2D eigenvalue weighted by Gasteiger charge is 2.14. The molecule has 0 saturated heterocycles. The zero-order valence-corrected chi connectivity index (χ0v) is 19.1. The third-order valence-corrected chi connectivity index (χ3v) is 6.77. The Labute approximate surface area is 203 Å². The monoisotopic (exact) mass is 446 g/mol. The molecule has 0 spiro atoms. The molecule has 0 aliphatic carbocycles. The van der Waals surface area contributed by atoms with Crippen molar-refractivity contribution < 1.29 is 0 Å². The molecule has 0 aliphatic rings. The van der Waals surface area contributed by atoms with Crippen molar-refractivity contribution in [1.29, 1.82) is 0 Å². The minimum absolute atomic E-state index is 0.950. The number of hydrogen-bond donors (Lipinski definition) is 0. The normalized spacial score (nSPS) is 11.4. The summed E-state index contributed by atoms with van der Waals surface area (Å²) < 4.78 is 2.25. The molecule has 6 aromatic carbocycles. The Morgan fingerprint density at radius 1 is 0.457 bits per heavy atom. The van der Waals surface area contributed by atoms with Crippen molar-refractivity contribution >= 4 is 32.6 Å². The first kappa shape index (κ1) is 19.7. The van der Waals surface area contributed by atoms with Crippen LogP contribution in [0, 0.1) is 0 Å². The number of fused-ring (bicyclic) bond motifs is 4. The van der Waals surface area contributed by atoms with Crippen LogP contribution in [0.1, 0.15) is 0 Å². The van der Waals surface area contributed by atoms with Crippen molar-refractivity contribution in [1.82, 2.24) is 9.55 Å². The molecule has 164 valence electrons. The molecule has 0 amide bonds. The summed E-state index contributed by atoms with van der Waals surface area (Å²) in [6, 6.07) is 47.3. The molecular formula is C33H22N2. The van der Waals surface area contributed by atoms with Crippen LogP contribution in [-0.4, -0.2) is 9.55 Å². The van der Waals surface area contributed by atoms with Crippen molar-refractivity contribution in [2.45, 2.75) is 0 Å². The molecule has 0 atom stereocenters. The van der Waals surface area contributed by atoms with Crippen LogP contribution in [-0.2, 0) is 0 Å². The van der Waals surface area contributed by atoms with Crippen LogP contribution in [0.3, 0.4) is 0 Å². The number of hydrogen-bond acceptors (Lipinski definition) is 1. The molecular weight excluding hydrogens is 424 g/mol. The minimum atomic E-state index is 0.950. The van der Waals surface area contributed by atoms with E-state index in [0.717, 1.165) is 28.1 Å². The first-order valence-electron chi connectivity index (χ1n) is 11.9. The molecule has 0 saturated carbocycles. The SMILES string of the molecule is c1ccc(-n2c(-c3cccc(-c4ccc5c(ccc6ccccc65)c4)c3)nc3ccccc32)cc1. The number of para-hydroxylation sites is 3. The van der Waals surface area contributed by atoms with Crippen LogP contribution >= 0.6 is 0 Å². The van der Waals surface area contributed by atoms with Gasteiger partial charge in [-0.1, -0.05) is 97.1 Å². The molecule has 1 heterocycles. The summed E-state index contributed by atoms with van der Waals surface area (Å²) in [7, 11) is 0. The maximum Gasteiger partial charge on any atom is 0.145 e. The van der Waals surface area contributed by atoms with E-state index in [4.69, 9.17) is 4.98 Å². The summed E-state index contributed by atoms with van der Waals surface area (Å²) in [6.45, 7) is 0. The van der Waals surface area contributed by atoms with E-state index >= 15 is 0 Å². The quantitative estimate of drug-likeness (QED) is 0.248. The average Bonchev–Trinajstić information content (AvgIpc) is 3.33. The molecule has 0 unspecified atom stereocenters. The fraction of sp³-hybridized carbons (Fsp3) is 0. The topological polar surface area (TPSA) is 17.8 Å². The number of aromatic nitrogens is 2. The Morgan fingerprint density at radius 2 is 1.17 bits per heavy atom. The van der Waals surface area contributed by atoms with E-state index in [2.05, 4.69) is 126 Å². The molecule has 2 heteroatoms. The lowest BCUT2D eigenvalue weighted by Crippen LogP contribution is -1.97. The Hall–Kier alpha value is -4.69. The van der Waals surface area contributed by atoms with Gasteiger partial charge in [-0.3, -0.25) is 4.57 Å². The Morgan fingerprint density at radius 3 is 2.11 bits per heavy atom. The van der Waals surface area contributed by atoms with Gasteiger partial charge in [0.05, 0.1) is 11.0 Å². The maximum atomic E-state index is 5.04. The van der Waals surface area contributed by atoms with Crippen molar-refractivity contribution in [2.75, 3.05) is 0 Å². The third kappa shape index (κ3) is 3.31. The van der Waals surface area contributed by atoms with Gasteiger partial charge in [0.25, 0.3) is 0 Å². The van der Waals surface area contributed by atoms with Gasteiger partial charge >= 0.3 is 0 Å². The molecule has 35 heavy (non-hydrogen) atoms. The lowest BCUT2D eigenvalue weighted by molar-refractivity contribution is 1.10. The second-order valence-corrected chi connectivity index (χ2v) is 8.90. The lowest BCUT2D eigenvalue weighted by atomic mass is 9.96. The van der Waals surface area contributed by atoms with E-state index in [1.165, 1.54) is 32.7 Å². The predicted molar refractivity (Wildman–Crippen MR) is 147 cm³/mol. The van der Waals surface area contributed by atoms with Crippen molar-refractivity contribution in [3.05, 3.63) is 133 Å². The van der Waals surface area contributed by atoms with Crippen LogP contribution in [0.5, 0.6) is 0 Å². The van der Waals surface area contributed by atoms with E-state index in [9.17, 15) is 0 Å². The van der Waals surface area contributed by atoms with Crippen LogP contribution in [0.2, 0.25) is 0 Å². The summed E-state index contributed by atoms with van der Waals surface area (Å²) in [6.07, 6.45) is 0. The van der Waals surface area contributed by atoms with Crippen LogP contribution in [0.25, 0.3) is 60.8 Å². The Balaban J connectivity index is 1.39. The molecule has 0 aliphatic heterocycles. The van der Waals surface area contributed by atoms with E-state index in [1.54, 1.807) is 0 Å². The molecule has 0 radical (unpaired) electrons. The molecule has 7 aromatic rings. The van der Waals surface area contributed by atoms with Gasteiger partial charge in [0.15, 0.2) is 0 Å². The van der Waals surface area contributed by atoms with Crippen LogP contribution in [0.4, 0.5) is 0 Å². The smallest absolute Gasteiger partial charge is 0.145 e. The van der Waals surface area contributed by atoms with Crippen LogP contribution < -0.4 is 0 Å². The highest BCUT2D eigenvalue weighted by atomic mass is 15.1. The van der Waals surface area contributed by atoms with E-state index in [0.29, 0.717) is 0 Å². The van der Waals surface area contributed by atoms with Gasteiger partial charge in [0, 0.05) is 11.3 Å². The molecule has 2 nitrogen and oxygen atoms in total. The summed E-state index contributed by atoms with van der Waals surface area (Å²) in [5.41, 5.74) is 6.70. The average molecular weight is 447 g/mol. The van der Waals surface area contributed by atoms with Gasteiger partial charge in [-0.05, 0) is 69.1 Å². The summed E-state index contributed by atoms with van der Waals surface area (Å²) in [5.74, 6) is 0.950. The van der Waals surface area contributed by atoms with Crippen molar-refractivity contribution in [3.63, 3.8) is 0 Å². The second-order valence-electron chi connectivity index (χ2n) is 8.90. The second kappa shape index (κ2) is 7.96. The molecule has 0 bridgehead atoms. The summed E-state index contributed by atoms with van der Waals surface area (Å²) >= 11 is 0. The first-order valence-corrected chi connectivity index (χ1v) is 11.9. The molecule has 0 N–H and O–H groups in total. The zero-order chi connectivity index (χ0) is 23.2. The summed E-state index contributed by atoms with van der Waals surface area (Å²) in [4.78, 5) is 5.04. The summed E-state index contributed by atoms with van der Waals surface area (Å²) in [5, 5.41) is 5.11. The Kier molecular flexibility index (Phi) is 4.49. The maximum absolute atomic E-state index is 5.04. The van der Waals surface area contributed by atoms with E-state index < -0.39 is 0 Å². The highest BCUT2D eigenvalue weighted by molar-refractivity contribution is 6.08. The minimum Gasteiger partial charge on any atom is -0.292 e. The lowest BCUT2D eigenvalue weighted by Gasteiger charge is -2.11. The van der Waals surface area contributed by atoms with E-state index in [-0.39, 0.29) is 0 Å². The van der Waals surface area contributed by atoms with Crippen LogP contribution in [0.15, 0.2) is 133 Å². The van der Waals surface area contributed by atoms with Gasteiger partial charge in [0.1, 0.15) is 5.82 Å². The number of rotatable bonds is 3. The van der Waals surface area contributed by atoms with Gasteiger partial charge < -0.3 is 0 Å². The van der Waals surface area contributed by atoms with Gasteiger partial charge in [-0.2, -0.15) is 0 Å². The number of nitrogens with zero attached hydrogens (tertiary/aromatic N) is 2. The number of benzene rings is 6. The fourth-order valence-electron chi connectivity index (χ4n) is 5.09. The predicted octanol–water partition coefficient (Wildman–Crippen LogP) is 8.67. The fourth-order valence-corrected chi connectivity index (χ4v) is 5.09. The molecule has 1 aromatic heterocycles. The van der Waals surface area contributed by atoms with Crippen molar-refractivity contribution in [3.8, 4) is 28.2 Å². The Bertz CT molecular complexity index is 1840. The zero-order valence-electron chi connectivity index (χ0n) is 19.1. The van der Waals surface area contributed by atoms with Gasteiger partial charge in [-0.15, -0.1) is 0 Å². The number of imidazole rings is 1. The first-order chi connectivity index (χ1) is 17.3. The molecule has 0 fully saturated rings. The third-order valence-electron chi connectivity index (χ3n) is 6.77. The van der Waals surface area contributed by atoms with Crippen molar-refractivity contribution in [2.24, 2.45) is 0 Å². The van der Waals surface area contributed by atoms with Gasteiger partial charge in [0.2, 0.25) is 0 Å².